The highest BCUT2D eigenvalue weighted by Crippen LogP contribution is 2.38. The minimum Gasteiger partial charge on any atom is -0.350 e. The minimum absolute atomic E-state index is 0.389. The number of fused-ring (bicyclic) bond motifs is 1. The van der Waals surface area contributed by atoms with Crippen molar-refractivity contribution in [1.82, 2.24) is 20.5 Å². The molecule has 1 atom stereocenters. The number of hydrogen-bond donors (Lipinski definition) is 2. The molecule has 2 heterocycles. The lowest BCUT2D eigenvalue weighted by Crippen LogP contribution is -2.58. The number of rotatable bonds is 2. The minimum atomic E-state index is 0.389. The molecule has 1 saturated carbocycles. The van der Waals surface area contributed by atoms with Crippen LogP contribution >= 0.6 is 0 Å². The fourth-order valence-electron chi connectivity index (χ4n) is 3.39. The number of benzene rings is 1. The van der Waals surface area contributed by atoms with Gasteiger partial charge in [0.15, 0.2) is 0 Å². The molecule has 5 nitrogen and oxygen atoms in total. The van der Waals surface area contributed by atoms with Crippen LogP contribution in [0.4, 0.5) is 5.95 Å². The Bertz CT molecular complexity index is 622. The summed E-state index contributed by atoms with van der Waals surface area (Å²) in [6.45, 7) is 1.08. The Labute approximate surface area is 118 Å². The molecule has 1 aliphatic heterocycles. The maximum absolute atomic E-state index is 4.56. The zero-order chi connectivity index (χ0) is 13.4. The summed E-state index contributed by atoms with van der Waals surface area (Å²) in [6, 6.07) is 8.31. The number of para-hydroxylation sites is 1. The highest BCUT2D eigenvalue weighted by Gasteiger charge is 2.40. The molecule has 104 valence electrons. The standard InChI is InChI=1S/C15H19N5/c1-2-5-13-12(4-1)18-14(20-19-13)17-11-6-9-16-15(10-11)7-3-8-15/h1-2,4-5,11,16H,3,6-10H2,(H,17,18,20). The molecule has 1 aromatic carbocycles. The van der Waals surface area contributed by atoms with Gasteiger partial charge in [0.1, 0.15) is 5.52 Å². The second-order valence-electron chi connectivity index (χ2n) is 6.02. The van der Waals surface area contributed by atoms with Gasteiger partial charge in [-0.2, -0.15) is 0 Å². The van der Waals surface area contributed by atoms with Crippen LogP contribution < -0.4 is 10.6 Å². The van der Waals surface area contributed by atoms with Gasteiger partial charge in [-0.25, -0.2) is 4.98 Å². The van der Waals surface area contributed by atoms with Crippen LogP contribution in [0.1, 0.15) is 32.1 Å². The van der Waals surface area contributed by atoms with E-state index in [-0.39, 0.29) is 0 Å². The fourth-order valence-corrected chi connectivity index (χ4v) is 3.39. The number of piperidine rings is 1. The number of hydrogen-bond acceptors (Lipinski definition) is 5. The van der Waals surface area contributed by atoms with Gasteiger partial charge >= 0.3 is 0 Å². The van der Waals surface area contributed by atoms with Gasteiger partial charge in [-0.3, -0.25) is 0 Å². The SMILES string of the molecule is c1ccc2nc(NC3CCNC4(CCC4)C3)nnc2c1. The molecule has 2 N–H and O–H groups in total. The molecule has 1 saturated heterocycles. The summed E-state index contributed by atoms with van der Waals surface area (Å²) in [4.78, 5) is 4.56. The molecule has 1 unspecified atom stereocenters. The van der Waals surface area contributed by atoms with E-state index >= 15 is 0 Å². The molecule has 20 heavy (non-hydrogen) atoms. The van der Waals surface area contributed by atoms with Crippen LogP contribution in [-0.2, 0) is 0 Å². The first-order valence-corrected chi connectivity index (χ1v) is 7.44. The third-order valence-electron chi connectivity index (χ3n) is 4.63. The number of nitrogens with one attached hydrogen (secondary N) is 2. The summed E-state index contributed by atoms with van der Waals surface area (Å²) >= 11 is 0. The predicted molar refractivity (Wildman–Crippen MR) is 78.6 cm³/mol. The van der Waals surface area contributed by atoms with Crippen LogP contribution in [0.25, 0.3) is 11.0 Å². The highest BCUT2D eigenvalue weighted by atomic mass is 15.2. The van der Waals surface area contributed by atoms with Crippen molar-refractivity contribution in [3.63, 3.8) is 0 Å². The van der Waals surface area contributed by atoms with Crippen molar-refractivity contribution in [2.45, 2.75) is 43.7 Å². The van der Waals surface area contributed by atoms with Crippen molar-refractivity contribution >= 4 is 17.0 Å². The second-order valence-corrected chi connectivity index (χ2v) is 6.02. The molecule has 2 aromatic rings. The van der Waals surface area contributed by atoms with Crippen molar-refractivity contribution in [3.8, 4) is 0 Å². The van der Waals surface area contributed by atoms with Crippen LogP contribution in [-0.4, -0.2) is 33.3 Å². The van der Waals surface area contributed by atoms with E-state index in [0.717, 1.165) is 24.0 Å². The molecule has 1 aliphatic carbocycles. The average molecular weight is 269 g/mol. The van der Waals surface area contributed by atoms with Gasteiger partial charge in [0.25, 0.3) is 0 Å². The Morgan fingerprint density at radius 2 is 2.00 bits per heavy atom. The van der Waals surface area contributed by atoms with E-state index in [4.69, 9.17) is 0 Å². The quantitative estimate of drug-likeness (QED) is 0.874. The summed E-state index contributed by atoms with van der Waals surface area (Å²) < 4.78 is 0. The Kier molecular flexibility index (Phi) is 2.80. The van der Waals surface area contributed by atoms with Gasteiger partial charge in [0.05, 0.1) is 5.52 Å². The lowest BCUT2D eigenvalue weighted by molar-refractivity contribution is 0.135. The third-order valence-corrected chi connectivity index (χ3v) is 4.63. The zero-order valence-corrected chi connectivity index (χ0v) is 11.5. The lowest BCUT2D eigenvalue weighted by atomic mass is 9.70. The highest BCUT2D eigenvalue weighted by molar-refractivity contribution is 5.74. The van der Waals surface area contributed by atoms with Gasteiger partial charge in [-0.05, 0) is 50.8 Å². The van der Waals surface area contributed by atoms with Crippen LogP contribution in [0.2, 0.25) is 0 Å². The first kappa shape index (κ1) is 12.0. The molecular weight excluding hydrogens is 250 g/mol. The normalized spacial score (nSPS) is 24.5. The Hall–Kier alpha value is -1.75. The molecule has 1 aromatic heterocycles. The lowest BCUT2D eigenvalue weighted by Gasteiger charge is -2.48. The molecular formula is C15H19N5. The molecule has 2 fully saturated rings. The van der Waals surface area contributed by atoms with Crippen LogP contribution in [0.15, 0.2) is 24.3 Å². The van der Waals surface area contributed by atoms with Crippen molar-refractivity contribution in [2.24, 2.45) is 0 Å². The predicted octanol–water partition coefficient (Wildman–Crippen LogP) is 2.11. The van der Waals surface area contributed by atoms with E-state index in [1.54, 1.807) is 0 Å². The van der Waals surface area contributed by atoms with Crippen LogP contribution in [0, 0.1) is 0 Å². The largest absolute Gasteiger partial charge is 0.350 e. The topological polar surface area (TPSA) is 62.7 Å². The van der Waals surface area contributed by atoms with Crippen LogP contribution in [0.5, 0.6) is 0 Å². The fraction of sp³-hybridized carbons (Fsp3) is 0.533. The number of anilines is 1. The maximum Gasteiger partial charge on any atom is 0.243 e. The van der Waals surface area contributed by atoms with Gasteiger partial charge in [0, 0.05) is 11.6 Å². The van der Waals surface area contributed by atoms with Gasteiger partial charge in [-0.1, -0.05) is 12.1 Å². The van der Waals surface area contributed by atoms with Crippen molar-refractivity contribution in [3.05, 3.63) is 24.3 Å². The maximum atomic E-state index is 4.56. The molecule has 0 amide bonds. The number of aromatic nitrogens is 3. The van der Waals surface area contributed by atoms with Gasteiger partial charge in [0.2, 0.25) is 5.95 Å². The summed E-state index contributed by atoms with van der Waals surface area (Å²) in [6.07, 6.45) is 6.26. The van der Waals surface area contributed by atoms with E-state index < -0.39 is 0 Å². The van der Waals surface area contributed by atoms with E-state index in [1.807, 2.05) is 24.3 Å². The second kappa shape index (κ2) is 4.66. The van der Waals surface area contributed by atoms with Gasteiger partial charge < -0.3 is 10.6 Å². The van der Waals surface area contributed by atoms with E-state index in [9.17, 15) is 0 Å². The Morgan fingerprint density at radius 3 is 2.80 bits per heavy atom. The molecule has 5 heteroatoms. The smallest absolute Gasteiger partial charge is 0.243 e. The summed E-state index contributed by atoms with van der Waals surface area (Å²) in [5.41, 5.74) is 2.14. The molecule has 0 bridgehead atoms. The van der Waals surface area contributed by atoms with E-state index in [0.29, 0.717) is 17.5 Å². The monoisotopic (exact) mass is 269 g/mol. The molecule has 2 aliphatic rings. The zero-order valence-electron chi connectivity index (χ0n) is 11.5. The average Bonchev–Trinajstić information content (AvgIpc) is 2.46. The van der Waals surface area contributed by atoms with Crippen molar-refractivity contribution in [1.29, 1.82) is 0 Å². The van der Waals surface area contributed by atoms with Crippen molar-refractivity contribution in [2.75, 3.05) is 11.9 Å². The number of nitrogens with zero attached hydrogens (tertiary/aromatic N) is 3. The van der Waals surface area contributed by atoms with E-state index in [2.05, 4.69) is 25.8 Å². The summed E-state index contributed by atoms with van der Waals surface area (Å²) in [7, 11) is 0. The van der Waals surface area contributed by atoms with Crippen LogP contribution in [0.3, 0.4) is 0 Å². The first-order valence-electron chi connectivity index (χ1n) is 7.44. The Balaban J connectivity index is 1.52. The third kappa shape index (κ3) is 2.12. The van der Waals surface area contributed by atoms with Crippen molar-refractivity contribution < 1.29 is 0 Å². The Morgan fingerprint density at radius 1 is 1.15 bits per heavy atom. The van der Waals surface area contributed by atoms with Gasteiger partial charge in [-0.15, -0.1) is 10.2 Å². The first-order chi connectivity index (χ1) is 9.83. The molecule has 0 radical (unpaired) electrons. The molecule has 1 spiro atoms. The molecule has 4 rings (SSSR count). The summed E-state index contributed by atoms with van der Waals surface area (Å²) in [5, 5.41) is 15.6. The van der Waals surface area contributed by atoms with E-state index in [1.165, 1.54) is 25.7 Å². The summed E-state index contributed by atoms with van der Waals surface area (Å²) in [5.74, 6) is 0.657.